The Hall–Kier alpha value is -8.46. The van der Waals surface area contributed by atoms with Crippen molar-refractivity contribution in [2.45, 2.75) is 184 Å². The average Bonchev–Trinajstić information content (AvgIpc) is 1.76. The lowest BCUT2D eigenvalue weighted by molar-refractivity contribution is -0.145. The first kappa shape index (κ1) is 76.7. The van der Waals surface area contributed by atoms with Crippen LogP contribution in [-0.2, 0) is 84.2 Å². The van der Waals surface area contributed by atoms with Crippen LogP contribution in [0, 0.1) is 11.8 Å². The molecule has 4 aliphatic heterocycles. The molecule has 4 aromatic carbocycles. The maximum absolute atomic E-state index is 15.1. The first-order valence-electron chi connectivity index (χ1n) is 36.5. The van der Waals surface area contributed by atoms with Gasteiger partial charge in [0.25, 0.3) is 5.91 Å². The number of ether oxygens (including phenoxy) is 3. The van der Waals surface area contributed by atoms with Crippen molar-refractivity contribution >= 4 is 47.3 Å². The third-order valence-corrected chi connectivity index (χ3v) is 20.2. The van der Waals surface area contributed by atoms with Crippen LogP contribution in [0.2, 0.25) is 0 Å². The minimum absolute atomic E-state index is 0.147. The van der Waals surface area contributed by atoms with E-state index < -0.39 is 53.6 Å². The zero-order valence-corrected chi connectivity index (χ0v) is 59.2. The van der Waals surface area contributed by atoms with E-state index in [1.807, 2.05) is 129 Å². The van der Waals surface area contributed by atoms with Gasteiger partial charge in [0.05, 0.1) is 44.2 Å². The summed E-state index contributed by atoms with van der Waals surface area (Å²) in [6.07, 6.45) is 9.99. The van der Waals surface area contributed by atoms with E-state index in [-0.39, 0.29) is 78.9 Å². The van der Waals surface area contributed by atoms with Crippen LogP contribution in [0.3, 0.4) is 0 Å². The molecular weight excluding hydrogens is 1280 g/mol. The molecule has 25 nitrogen and oxygen atoms in total. The lowest BCUT2D eigenvalue weighted by Crippen LogP contribution is -2.62. The van der Waals surface area contributed by atoms with Crippen LogP contribution in [0.4, 0.5) is 0 Å². The molecule has 101 heavy (non-hydrogen) atoms. The largest absolute Gasteiger partial charge is 0.379 e. The topological polar surface area (TPSA) is 310 Å². The van der Waals surface area contributed by atoms with Gasteiger partial charge in [-0.3, -0.25) is 43.0 Å². The Morgan fingerprint density at radius 1 is 0.554 bits per heavy atom. The number of rotatable bonds is 40. The van der Waals surface area contributed by atoms with E-state index in [4.69, 9.17) is 14.2 Å². The molecule has 546 valence electrons. The standard InChI is InChI=1S/C76H106N14O11/c1-5-62(77-3)69(92)83-67-55(39-41-79-49-53-21-11-7-12-22-53)29-32-60-35-37-65(90(60)73(67)96)72(95)85-76(57-25-15-9-16-26-57,58-27-17-10-18-28-58)75(98)80-40-19-43-99-45-47-101-48-46-100-44-20-42-88-52-59(86-87-88)31-38-66(91)81-51-56-30-33-61-34-36-64(71(94)82-50-54-23-13-8-14-24-54)89(61)74(97)68(56)84-70(93)63(6-2)78-4/h7-18,21-28,52,55-56,60-65,67-68,77-79H,5-6,19-20,29-51H2,1-4H3,(H,80,98)(H,81,91)(H,82,94)(H,83,92)(H,84,93)(H,85,95)/t55-,56-,60?,61+,62+,63+,64+,65+,67+,68+/m1/s1. The van der Waals surface area contributed by atoms with Gasteiger partial charge in [0.15, 0.2) is 5.54 Å². The number of aryl methyl sites for hydroxylation is 2. The fraction of sp³-hybridized carbons (Fsp3) is 0.553. The summed E-state index contributed by atoms with van der Waals surface area (Å²) in [6, 6.07) is 33.4. The first-order valence-corrected chi connectivity index (χ1v) is 36.5. The summed E-state index contributed by atoms with van der Waals surface area (Å²) in [7, 11) is 3.43. The van der Waals surface area contributed by atoms with Gasteiger partial charge in [-0.15, -0.1) is 5.10 Å². The van der Waals surface area contributed by atoms with Gasteiger partial charge in [0, 0.05) is 83.0 Å². The van der Waals surface area contributed by atoms with Gasteiger partial charge in [-0.2, -0.15) is 0 Å². The number of nitrogens with zero attached hydrogens (tertiary/aromatic N) is 5. The molecule has 5 aromatic rings. The Morgan fingerprint density at radius 3 is 1.60 bits per heavy atom. The highest BCUT2D eigenvalue weighted by Crippen LogP contribution is 2.38. The molecule has 0 radical (unpaired) electrons. The Labute approximate surface area is 594 Å². The molecule has 10 atom stereocenters. The van der Waals surface area contributed by atoms with E-state index in [9.17, 15) is 28.8 Å². The normalized spacial score (nSPS) is 21.1. The van der Waals surface area contributed by atoms with E-state index in [1.165, 1.54) is 0 Å². The third-order valence-electron chi connectivity index (χ3n) is 20.2. The summed E-state index contributed by atoms with van der Waals surface area (Å²) in [5.41, 5.74) is 2.20. The van der Waals surface area contributed by atoms with Gasteiger partial charge in [0.2, 0.25) is 41.4 Å². The van der Waals surface area contributed by atoms with Crippen molar-refractivity contribution in [1.82, 2.24) is 72.6 Å². The second kappa shape index (κ2) is 39.7. The Morgan fingerprint density at radius 2 is 1.05 bits per heavy atom. The number of fused-ring (bicyclic) bond motifs is 2. The molecule has 4 aliphatic rings. The predicted octanol–water partition coefficient (Wildman–Crippen LogP) is 4.33. The molecule has 0 bridgehead atoms. The highest BCUT2D eigenvalue weighted by Gasteiger charge is 2.52. The zero-order valence-electron chi connectivity index (χ0n) is 59.2. The highest BCUT2D eigenvalue weighted by molar-refractivity contribution is 5.99. The Balaban J connectivity index is 0.677. The van der Waals surface area contributed by atoms with Crippen molar-refractivity contribution in [1.29, 1.82) is 0 Å². The van der Waals surface area contributed by atoms with Crippen LogP contribution in [0.5, 0.6) is 0 Å². The van der Waals surface area contributed by atoms with Gasteiger partial charge in [-0.05, 0) is 132 Å². The van der Waals surface area contributed by atoms with Gasteiger partial charge < -0.3 is 71.9 Å². The monoisotopic (exact) mass is 1390 g/mol. The summed E-state index contributed by atoms with van der Waals surface area (Å²) in [5.74, 6) is -3.02. The highest BCUT2D eigenvalue weighted by atomic mass is 16.5. The van der Waals surface area contributed by atoms with E-state index in [1.54, 1.807) is 28.6 Å². The smallest absolute Gasteiger partial charge is 0.255 e. The maximum Gasteiger partial charge on any atom is 0.255 e. The number of amides is 8. The van der Waals surface area contributed by atoms with Crippen LogP contribution in [-0.4, -0.2) is 194 Å². The molecule has 8 amide bonds. The zero-order chi connectivity index (χ0) is 71.4. The van der Waals surface area contributed by atoms with Crippen LogP contribution < -0.4 is 47.9 Å². The van der Waals surface area contributed by atoms with E-state index in [0.717, 1.165) is 11.1 Å². The number of aromatic nitrogens is 3. The summed E-state index contributed by atoms with van der Waals surface area (Å²) in [6.45, 7) is 8.68. The molecule has 0 spiro atoms. The van der Waals surface area contributed by atoms with Gasteiger partial charge >= 0.3 is 0 Å². The second-order valence-corrected chi connectivity index (χ2v) is 26.8. The van der Waals surface area contributed by atoms with Crippen LogP contribution >= 0.6 is 0 Å². The molecule has 1 aromatic heterocycles. The number of hydrogen-bond donors (Lipinski definition) is 9. The number of carbonyl (C=O) groups excluding carboxylic acids is 8. The fourth-order valence-corrected chi connectivity index (χ4v) is 14.6. The van der Waals surface area contributed by atoms with Crippen molar-refractivity contribution < 1.29 is 52.6 Å². The van der Waals surface area contributed by atoms with Crippen molar-refractivity contribution in [2.75, 3.05) is 73.4 Å². The van der Waals surface area contributed by atoms with E-state index in [0.29, 0.717) is 173 Å². The van der Waals surface area contributed by atoms with Gasteiger partial charge in [-0.1, -0.05) is 140 Å². The van der Waals surface area contributed by atoms with Gasteiger partial charge in [-0.25, -0.2) is 0 Å². The van der Waals surface area contributed by atoms with E-state index >= 15 is 9.59 Å². The predicted molar refractivity (Wildman–Crippen MR) is 382 cm³/mol. The first-order chi connectivity index (χ1) is 49.3. The summed E-state index contributed by atoms with van der Waals surface area (Å²) in [4.78, 5) is 117. The number of hydrogen-bond acceptors (Lipinski definition) is 16. The quantitative estimate of drug-likeness (QED) is 0.0247. The molecule has 9 N–H and O–H groups in total. The lowest BCUT2D eigenvalue weighted by atomic mass is 9.81. The molecule has 1 unspecified atom stereocenters. The number of nitrogens with one attached hydrogen (secondary N) is 9. The molecule has 4 saturated heterocycles. The molecular formula is C76H106N14O11. The van der Waals surface area contributed by atoms with Crippen molar-refractivity contribution in [3.05, 3.63) is 155 Å². The Bertz CT molecular complexity index is 3380. The molecule has 4 fully saturated rings. The number of likely N-dealkylation sites (N-methyl/N-ethyl adjacent to an activating group) is 2. The molecule has 9 rings (SSSR count). The van der Waals surface area contributed by atoms with Gasteiger partial charge in [0.1, 0.15) is 24.2 Å². The van der Waals surface area contributed by atoms with Crippen LogP contribution in [0.25, 0.3) is 0 Å². The van der Waals surface area contributed by atoms with E-state index in [2.05, 4.69) is 70.3 Å². The molecule has 25 heteroatoms. The summed E-state index contributed by atoms with van der Waals surface area (Å²) in [5, 5.41) is 36.7. The third kappa shape index (κ3) is 21.1. The second-order valence-electron chi connectivity index (χ2n) is 26.8. The average molecular weight is 1390 g/mol. The molecule has 0 aliphatic carbocycles. The minimum atomic E-state index is -1.67. The molecule has 0 saturated carbocycles. The maximum atomic E-state index is 15.1. The Kier molecular flexibility index (Phi) is 30.1. The molecule has 5 heterocycles. The minimum Gasteiger partial charge on any atom is -0.379 e. The van der Waals surface area contributed by atoms with Crippen LogP contribution in [0.1, 0.15) is 132 Å². The number of carbonyl (C=O) groups is 8. The van der Waals surface area contributed by atoms with Crippen LogP contribution in [0.15, 0.2) is 128 Å². The fourth-order valence-electron chi connectivity index (χ4n) is 14.6. The lowest BCUT2D eigenvalue weighted by Gasteiger charge is -2.38. The van der Waals surface area contributed by atoms with Crippen molar-refractivity contribution in [3.8, 4) is 0 Å². The summed E-state index contributed by atoms with van der Waals surface area (Å²) < 4.78 is 19.2. The van der Waals surface area contributed by atoms with Crippen molar-refractivity contribution in [3.63, 3.8) is 0 Å². The number of benzene rings is 4. The summed E-state index contributed by atoms with van der Waals surface area (Å²) >= 11 is 0. The van der Waals surface area contributed by atoms with Crippen molar-refractivity contribution in [2.24, 2.45) is 11.8 Å². The SMILES string of the molecule is CC[C@H](NC)C(=O)N[C@@H]1C(=O)N2C(CC[C@@H]1CCNCc1ccccc1)CC[C@H]2C(=O)NC(C(=O)NCCCOCCOCCOCCCn1cc(CCC(=O)NC[C@H]2CC[C@H]3CC[C@@H](C(=O)NCc4ccccc4)N3C(=O)[C@H]2NC(=O)[C@H](CC)NC)nn1)(c1ccccc1)c1ccccc1.